The summed E-state index contributed by atoms with van der Waals surface area (Å²) in [7, 11) is 3.61. The van der Waals surface area contributed by atoms with Crippen molar-refractivity contribution in [1.29, 1.82) is 0 Å². The van der Waals surface area contributed by atoms with Gasteiger partial charge in [-0.3, -0.25) is 9.59 Å². The fourth-order valence-electron chi connectivity index (χ4n) is 2.55. The molecule has 2 amide bonds. The van der Waals surface area contributed by atoms with Crippen LogP contribution in [0.2, 0.25) is 0 Å². The molecule has 0 saturated carbocycles. The van der Waals surface area contributed by atoms with Gasteiger partial charge in [-0.2, -0.15) is 0 Å². The maximum absolute atomic E-state index is 12.0. The molecule has 0 spiro atoms. The zero-order chi connectivity index (χ0) is 15.6. The van der Waals surface area contributed by atoms with Gasteiger partial charge in [-0.15, -0.1) is 11.3 Å². The number of nitrogen functional groups attached to an aromatic ring is 1. The van der Waals surface area contributed by atoms with Gasteiger partial charge in [-0.1, -0.05) is 0 Å². The second-order valence-electron chi connectivity index (χ2n) is 5.15. The van der Waals surface area contributed by atoms with Gasteiger partial charge >= 0.3 is 0 Å². The van der Waals surface area contributed by atoms with Gasteiger partial charge < -0.3 is 27.0 Å². The second kappa shape index (κ2) is 6.31. The van der Waals surface area contributed by atoms with E-state index in [4.69, 9.17) is 11.5 Å². The van der Waals surface area contributed by atoms with E-state index in [1.165, 1.54) is 13.5 Å². The summed E-state index contributed by atoms with van der Waals surface area (Å²) < 4.78 is 0. The highest BCUT2D eigenvalue weighted by atomic mass is 32.1. The average molecular weight is 311 g/mol. The monoisotopic (exact) mass is 311 g/mol. The van der Waals surface area contributed by atoms with Crippen LogP contribution in [-0.2, 0) is 0 Å². The Hall–Kier alpha value is -1.80. The van der Waals surface area contributed by atoms with Gasteiger partial charge in [0, 0.05) is 19.6 Å². The zero-order valence-electron chi connectivity index (χ0n) is 12.2. The molecule has 2 heterocycles. The number of nitrogens with two attached hydrogens (primary N) is 2. The molecule has 21 heavy (non-hydrogen) atoms. The molecule has 1 atom stereocenters. The van der Waals surface area contributed by atoms with Crippen LogP contribution in [0.3, 0.4) is 0 Å². The van der Waals surface area contributed by atoms with Crippen molar-refractivity contribution in [3.8, 4) is 0 Å². The molecule has 1 aromatic heterocycles. The summed E-state index contributed by atoms with van der Waals surface area (Å²) in [6, 6.07) is 0.419. The number of carbonyl (C=O) groups is 2. The molecule has 0 radical (unpaired) electrons. The van der Waals surface area contributed by atoms with Crippen molar-refractivity contribution >= 4 is 33.8 Å². The molecule has 8 heteroatoms. The second-order valence-corrected chi connectivity index (χ2v) is 6.17. The van der Waals surface area contributed by atoms with Gasteiger partial charge in [0.15, 0.2) is 0 Å². The van der Waals surface area contributed by atoms with Crippen molar-refractivity contribution in [2.24, 2.45) is 5.73 Å². The third-order valence-corrected chi connectivity index (χ3v) is 4.97. The molecule has 0 bridgehead atoms. The van der Waals surface area contributed by atoms with Gasteiger partial charge in [0.05, 0.1) is 11.3 Å². The minimum atomic E-state index is -0.617. The predicted octanol–water partition coefficient (Wildman–Crippen LogP) is 0.295. The number of likely N-dealkylation sites (tertiary alicyclic amines) is 1. The molecule has 1 aromatic rings. The minimum absolute atomic E-state index is 0.147. The SMILES string of the molecule is CNC(=O)c1c(NCC2CCCN2C)sc(C(N)=O)c1N. The summed E-state index contributed by atoms with van der Waals surface area (Å²) in [5, 5.41) is 6.38. The number of carbonyl (C=O) groups excluding carboxylic acids is 2. The van der Waals surface area contributed by atoms with E-state index >= 15 is 0 Å². The minimum Gasteiger partial charge on any atom is -0.397 e. The van der Waals surface area contributed by atoms with Crippen molar-refractivity contribution in [2.45, 2.75) is 18.9 Å². The third kappa shape index (κ3) is 3.11. The van der Waals surface area contributed by atoms with Crippen LogP contribution < -0.4 is 22.1 Å². The summed E-state index contributed by atoms with van der Waals surface area (Å²) in [5.41, 5.74) is 11.6. The quantitative estimate of drug-likeness (QED) is 0.624. The number of primary amides is 1. The molecule has 116 valence electrons. The van der Waals surface area contributed by atoms with Gasteiger partial charge in [-0.05, 0) is 26.4 Å². The van der Waals surface area contributed by atoms with Crippen molar-refractivity contribution < 1.29 is 9.59 Å². The Morgan fingerprint density at radius 3 is 2.71 bits per heavy atom. The van der Waals surface area contributed by atoms with Crippen molar-refractivity contribution in [1.82, 2.24) is 10.2 Å². The van der Waals surface area contributed by atoms with Crippen LogP contribution >= 0.6 is 11.3 Å². The number of rotatable bonds is 5. The topological polar surface area (TPSA) is 113 Å². The molecule has 1 aliphatic rings. The zero-order valence-corrected chi connectivity index (χ0v) is 13.0. The Kier molecular flexibility index (Phi) is 4.69. The van der Waals surface area contributed by atoms with Crippen molar-refractivity contribution in [3.05, 3.63) is 10.4 Å². The van der Waals surface area contributed by atoms with Crippen LogP contribution in [-0.4, -0.2) is 49.9 Å². The fourth-order valence-corrected chi connectivity index (χ4v) is 3.53. The Morgan fingerprint density at radius 1 is 1.48 bits per heavy atom. The Morgan fingerprint density at radius 2 is 2.19 bits per heavy atom. The number of nitrogens with one attached hydrogen (secondary N) is 2. The maximum atomic E-state index is 12.0. The van der Waals surface area contributed by atoms with Crippen molar-refractivity contribution in [2.75, 3.05) is 38.2 Å². The van der Waals surface area contributed by atoms with Crippen LogP contribution in [0.5, 0.6) is 0 Å². The summed E-state index contributed by atoms with van der Waals surface area (Å²) in [4.78, 5) is 25.9. The van der Waals surface area contributed by atoms with E-state index in [9.17, 15) is 9.59 Å². The first-order chi connectivity index (χ1) is 9.95. The molecule has 1 aliphatic heterocycles. The van der Waals surface area contributed by atoms with Crippen LogP contribution in [0.4, 0.5) is 10.7 Å². The molecule has 1 saturated heterocycles. The average Bonchev–Trinajstić information content (AvgIpc) is 2.99. The number of hydrogen-bond donors (Lipinski definition) is 4. The number of thiophene rings is 1. The van der Waals surface area contributed by atoms with E-state index in [1.54, 1.807) is 0 Å². The largest absolute Gasteiger partial charge is 0.397 e. The van der Waals surface area contributed by atoms with Gasteiger partial charge in [-0.25, -0.2) is 0 Å². The molecular formula is C13H21N5O2S. The molecule has 6 N–H and O–H groups in total. The van der Waals surface area contributed by atoms with Crippen LogP contribution in [0.25, 0.3) is 0 Å². The summed E-state index contributed by atoms with van der Waals surface area (Å²) in [6.45, 7) is 1.78. The summed E-state index contributed by atoms with van der Waals surface area (Å²) in [6.07, 6.45) is 2.28. The number of nitrogens with zero attached hydrogens (tertiary/aromatic N) is 1. The van der Waals surface area contributed by atoms with Crippen LogP contribution in [0, 0.1) is 0 Å². The lowest BCUT2D eigenvalue weighted by Crippen LogP contribution is -2.32. The lowest BCUT2D eigenvalue weighted by molar-refractivity contribution is 0.0965. The highest BCUT2D eigenvalue weighted by molar-refractivity contribution is 7.19. The molecule has 1 fully saturated rings. The Bertz CT molecular complexity index is 557. The standard InChI is InChI=1S/C13H21N5O2S/c1-16-12(20)8-9(14)10(11(15)19)21-13(8)17-6-7-4-3-5-18(7)2/h7,17H,3-6,14H2,1-2H3,(H2,15,19)(H,16,20). The van der Waals surface area contributed by atoms with E-state index in [0.29, 0.717) is 23.2 Å². The van der Waals surface area contributed by atoms with E-state index in [0.717, 1.165) is 24.3 Å². The number of anilines is 2. The first kappa shape index (κ1) is 15.6. The van der Waals surface area contributed by atoms with Gasteiger partial charge in [0.2, 0.25) is 0 Å². The normalized spacial score (nSPS) is 18.7. The Balaban J connectivity index is 2.22. The van der Waals surface area contributed by atoms with E-state index < -0.39 is 5.91 Å². The predicted molar refractivity (Wildman–Crippen MR) is 84.8 cm³/mol. The third-order valence-electron chi connectivity index (χ3n) is 3.79. The summed E-state index contributed by atoms with van der Waals surface area (Å²) >= 11 is 1.13. The highest BCUT2D eigenvalue weighted by Gasteiger charge is 2.26. The molecule has 7 nitrogen and oxygen atoms in total. The molecular weight excluding hydrogens is 290 g/mol. The van der Waals surface area contributed by atoms with Gasteiger partial charge in [0.1, 0.15) is 9.88 Å². The molecule has 2 rings (SSSR count). The van der Waals surface area contributed by atoms with Crippen LogP contribution in [0.1, 0.15) is 32.9 Å². The smallest absolute Gasteiger partial charge is 0.260 e. The lowest BCUT2D eigenvalue weighted by atomic mass is 10.2. The number of hydrogen-bond acceptors (Lipinski definition) is 6. The van der Waals surface area contributed by atoms with Crippen LogP contribution in [0.15, 0.2) is 0 Å². The first-order valence-electron chi connectivity index (χ1n) is 6.84. The van der Waals surface area contributed by atoms with E-state index in [-0.39, 0.29) is 16.5 Å². The maximum Gasteiger partial charge on any atom is 0.260 e. The molecule has 0 aromatic carbocycles. The van der Waals surface area contributed by atoms with Gasteiger partial charge in [0.25, 0.3) is 11.8 Å². The van der Waals surface area contributed by atoms with Crippen molar-refractivity contribution in [3.63, 3.8) is 0 Å². The first-order valence-corrected chi connectivity index (χ1v) is 7.65. The van der Waals surface area contributed by atoms with E-state index in [1.807, 2.05) is 0 Å². The lowest BCUT2D eigenvalue weighted by Gasteiger charge is -2.20. The van der Waals surface area contributed by atoms with E-state index in [2.05, 4.69) is 22.6 Å². The highest BCUT2D eigenvalue weighted by Crippen LogP contribution is 2.35. The number of likely N-dealkylation sites (N-methyl/N-ethyl adjacent to an activating group) is 1. The fraction of sp³-hybridized carbons (Fsp3) is 0.538. The molecule has 0 aliphatic carbocycles. The number of amides is 2. The summed E-state index contributed by atoms with van der Waals surface area (Å²) in [5.74, 6) is -0.938. The Labute approximate surface area is 127 Å². The molecule has 1 unspecified atom stereocenters.